The summed E-state index contributed by atoms with van der Waals surface area (Å²) in [6, 6.07) is -0.824. The zero-order valence-corrected chi connectivity index (χ0v) is 16.2. The van der Waals surface area contributed by atoms with Crippen LogP contribution in [0.1, 0.15) is 54.9 Å². The minimum absolute atomic E-state index is 0.123. The minimum atomic E-state index is -0.824. The Labute approximate surface area is 149 Å². The Balaban J connectivity index is 3.00. The molecule has 0 N–H and O–H groups in total. The van der Waals surface area contributed by atoms with E-state index in [9.17, 15) is 14.4 Å². The zero-order valence-electron chi connectivity index (χ0n) is 16.2. The summed E-state index contributed by atoms with van der Waals surface area (Å²) in [6.07, 6.45) is 0.925. The highest BCUT2D eigenvalue weighted by molar-refractivity contribution is 5.86. The molecule has 0 bridgehead atoms. The van der Waals surface area contributed by atoms with E-state index in [0.717, 1.165) is 0 Å². The molecule has 1 aliphatic rings. The number of amides is 1. The summed E-state index contributed by atoms with van der Waals surface area (Å²) in [7, 11) is 0. The van der Waals surface area contributed by atoms with Crippen LogP contribution in [0.4, 0.5) is 4.79 Å². The fourth-order valence-electron chi connectivity index (χ4n) is 2.30. The van der Waals surface area contributed by atoms with Crippen molar-refractivity contribution in [3.8, 4) is 0 Å². The van der Waals surface area contributed by atoms with Gasteiger partial charge in [0.1, 0.15) is 17.2 Å². The molecule has 0 aromatic heterocycles. The number of esters is 2. The van der Waals surface area contributed by atoms with Gasteiger partial charge in [0, 0.05) is 19.0 Å². The average Bonchev–Trinajstić information content (AvgIpc) is 2.79. The summed E-state index contributed by atoms with van der Waals surface area (Å²) >= 11 is 0. The average molecular weight is 355 g/mol. The maximum Gasteiger partial charge on any atom is 0.411 e. The highest BCUT2D eigenvalue weighted by atomic mass is 16.6. The second-order valence-electron chi connectivity index (χ2n) is 7.92. The first-order chi connectivity index (χ1) is 11.3. The quantitative estimate of drug-likeness (QED) is 0.440. The van der Waals surface area contributed by atoms with Crippen LogP contribution in [0.3, 0.4) is 0 Å². The van der Waals surface area contributed by atoms with Gasteiger partial charge in [-0.1, -0.05) is 0 Å². The highest BCUT2D eigenvalue weighted by Crippen LogP contribution is 2.27. The molecule has 0 aromatic rings. The number of carbonyl (C=O) groups is 3. The topological polar surface area (TPSA) is 82.1 Å². The third-order valence-electron chi connectivity index (χ3n) is 3.12. The van der Waals surface area contributed by atoms with Gasteiger partial charge >= 0.3 is 18.0 Å². The second-order valence-corrected chi connectivity index (χ2v) is 7.92. The van der Waals surface area contributed by atoms with Crippen LogP contribution in [-0.4, -0.2) is 53.3 Å². The molecule has 7 nitrogen and oxygen atoms in total. The first-order valence-corrected chi connectivity index (χ1v) is 8.41. The van der Waals surface area contributed by atoms with Crippen LogP contribution in [0.5, 0.6) is 0 Å². The van der Waals surface area contributed by atoms with Crippen molar-refractivity contribution in [1.82, 2.24) is 4.90 Å². The van der Waals surface area contributed by atoms with E-state index in [1.54, 1.807) is 48.5 Å². The van der Waals surface area contributed by atoms with Gasteiger partial charge < -0.3 is 14.2 Å². The van der Waals surface area contributed by atoms with Crippen LogP contribution in [0.2, 0.25) is 0 Å². The molecule has 0 spiro atoms. The van der Waals surface area contributed by atoms with Gasteiger partial charge in [-0.15, -0.1) is 0 Å². The highest BCUT2D eigenvalue weighted by Gasteiger charge is 2.41. The third-order valence-corrected chi connectivity index (χ3v) is 3.12. The number of likely N-dealkylation sites (tertiary alicyclic amines) is 1. The second kappa shape index (κ2) is 7.89. The lowest BCUT2D eigenvalue weighted by Crippen LogP contribution is -2.45. The Hall–Kier alpha value is -2.05. The summed E-state index contributed by atoms with van der Waals surface area (Å²) in [4.78, 5) is 37.9. The monoisotopic (exact) mass is 355 g/mol. The van der Waals surface area contributed by atoms with Crippen LogP contribution in [0.25, 0.3) is 0 Å². The molecule has 1 heterocycles. The molecular formula is C18H29NO6. The Bertz CT molecular complexity index is 515. The van der Waals surface area contributed by atoms with Crippen molar-refractivity contribution in [3.63, 3.8) is 0 Å². The lowest BCUT2D eigenvalue weighted by Gasteiger charge is -2.29. The molecular weight excluding hydrogens is 326 g/mol. The first-order valence-electron chi connectivity index (χ1n) is 8.41. The molecule has 0 aliphatic carbocycles. The van der Waals surface area contributed by atoms with Gasteiger partial charge in [0.25, 0.3) is 0 Å². The summed E-state index contributed by atoms with van der Waals surface area (Å²) < 4.78 is 15.7. The molecule has 1 amide bonds. The zero-order chi connectivity index (χ0) is 19.4. The van der Waals surface area contributed by atoms with Gasteiger partial charge in [-0.25, -0.2) is 14.4 Å². The molecule has 0 unspecified atom stereocenters. The smallest absolute Gasteiger partial charge is 0.411 e. The number of rotatable bonds is 3. The van der Waals surface area contributed by atoms with E-state index < -0.39 is 35.3 Å². The van der Waals surface area contributed by atoms with Gasteiger partial charge in [0.15, 0.2) is 0 Å². The number of hydrogen-bond donors (Lipinski definition) is 0. The fourth-order valence-corrected chi connectivity index (χ4v) is 2.30. The van der Waals surface area contributed by atoms with Crippen LogP contribution < -0.4 is 0 Å². The summed E-state index contributed by atoms with van der Waals surface area (Å²) in [5, 5.41) is 0. The van der Waals surface area contributed by atoms with Crippen molar-refractivity contribution in [1.29, 1.82) is 0 Å². The lowest BCUT2D eigenvalue weighted by molar-refractivity contribution is -0.160. The first kappa shape index (κ1) is 21.0. The summed E-state index contributed by atoms with van der Waals surface area (Å²) in [5.74, 6) is -1.02. The van der Waals surface area contributed by atoms with Crippen molar-refractivity contribution < 1.29 is 28.6 Å². The maximum atomic E-state index is 12.5. The molecule has 0 radical (unpaired) electrons. The van der Waals surface area contributed by atoms with Crippen molar-refractivity contribution in [2.24, 2.45) is 0 Å². The van der Waals surface area contributed by atoms with Crippen LogP contribution >= 0.6 is 0 Å². The Morgan fingerprint density at radius 3 is 2.12 bits per heavy atom. The lowest BCUT2D eigenvalue weighted by atomic mass is 10.1. The SMILES string of the molecule is CCOC(=O)C=C1C[C@@H](C(=O)OC(C)(C)C)N(C(=O)OC(C)(C)C)C1. The van der Waals surface area contributed by atoms with E-state index in [2.05, 4.69) is 0 Å². The van der Waals surface area contributed by atoms with Crippen molar-refractivity contribution in [2.75, 3.05) is 13.2 Å². The molecule has 25 heavy (non-hydrogen) atoms. The van der Waals surface area contributed by atoms with Crippen LogP contribution in [0, 0.1) is 0 Å². The van der Waals surface area contributed by atoms with Crippen molar-refractivity contribution >= 4 is 18.0 Å². The van der Waals surface area contributed by atoms with Gasteiger partial charge in [-0.2, -0.15) is 0 Å². The number of ether oxygens (including phenoxy) is 3. The van der Waals surface area contributed by atoms with Crippen molar-refractivity contribution in [3.05, 3.63) is 11.6 Å². The largest absolute Gasteiger partial charge is 0.463 e. The Morgan fingerprint density at radius 2 is 1.64 bits per heavy atom. The molecule has 0 saturated carbocycles. The molecule has 1 rings (SSSR count). The van der Waals surface area contributed by atoms with Gasteiger partial charge in [0.05, 0.1) is 6.61 Å². The number of nitrogens with zero attached hydrogens (tertiary/aromatic N) is 1. The standard InChI is InChI=1S/C18H29NO6/c1-8-23-14(20)10-12-9-13(15(21)24-17(2,3)4)19(11-12)16(22)25-18(5,6)7/h10,13H,8-9,11H2,1-7H3/t13-/m0/s1. The molecule has 0 aromatic carbocycles. The summed E-state index contributed by atoms with van der Waals surface area (Å²) in [6.45, 7) is 12.6. The molecule has 1 fully saturated rings. The van der Waals surface area contributed by atoms with Crippen LogP contribution in [0.15, 0.2) is 11.6 Å². The Morgan fingerprint density at radius 1 is 1.08 bits per heavy atom. The minimum Gasteiger partial charge on any atom is -0.463 e. The van der Waals surface area contributed by atoms with E-state index >= 15 is 0 Å². The number of hydrogen-bond acceptors (Lipinski definition) is 6. The van der Waals surface area contributed by atoms with E-state index in [1.807, 2.05) is 0 Å². The van der Waals surface area contributed by atoms with Crippen molar-refractivity contribution in [2.45, 2.75) is 72.1 Å². The molecule has 7 heteroatoms. The van der Waals surface area contributed by atoms with Gasteiger partial charge in [-0.3, -0.25) is 4.90 Å². The van der Waals surface area contributed by atoms with E-state index in [4.69, 9.17) is 14.2 Å². The third kappa shape index (κ3) is 7.15. The normalized spacial score (nSPS) is 19.7. The fraction of sp³-hybridized carbons (Fsp3) is 0.722. The van der Waals surface area contributed by atoms with E-state index in [-0.39, 0.29) is 19.6 Å². The predicted octanol–water partition coefficient (Wildman–Crippen LogP) is 2.83. The number of carbonyl (C=O) groups excluding carboxylic acids is 3. The van der Waals surface area contributed by atoms with Gasteiger partial charge in [0.2, 0.25) is 0 Å². The maximum absolute atomic E-state index is 12.5. The van der Waals surface area contributed by atoms with E-state index in [0.29, 0.717) is 5.57 Å². The molecule has 1 aliphatic heterocycles. The predicted molar refractivity (Wildman–Crippen MR) is 91.9 cm³/mol. The molecule has 1 saturated heterocycles. The van der Waals surface area contributed by atoms with Crippen LogP contribution in [-0.2, 0) is 23.8 Å². The molecule has 142 valence electrons. The Kier molecular flexibility index (Phi) is 6.62. The van der Waals surface area contributed by atoms with Gasteiger partial charge in [-0.05, 0) is 54.0 Å². The summed E-state index contributed by atoms with van der Waals surface area (Å²) in [5.41, 5.74) is -0.742. The molecule has 1 atom stereocenters. The van der Waals surface area contributed by atoms with E-state index in [1.165, 1.54) is 11.0 Å².